The summed E-state index contributed by atoms with van der Waals surface area (Å²) in [7, 11) is 5.04. The zero-order valence-electron chi connectivity index (χ0n) is 17.3. The van der Waals surface area contributed by atoms with Crippen LogP contribution in [0.4, 0.5) is 0 Å². The van der Waals surface area contributed by atoms with Gasteiger partial charge in [-0.15, -0.1) is 12.1 Å². The van der Waals surface area contributed by atoms with E-state index in [-0.39, 0.29) is 5.54 Å². The summed E-state index contributed by atoms with van der Waals surface area (Å²) in [5.41, 5.74) is 4.36. The Hall–Kier alpha value is -1.15. The average Bonchev–Trinajstić information content (AvgIpc) is 2.71. The molecule has 0 amide bonds. The van der Waals surface area contributed by atoms with E-state index in [4.69, 9.17) is 5.32 Å². The van der Waals surface area contributed by atoms with E-state index in [2.05, 4.69) is 55.2 Å². The molecule has 0 aromatic heterocycles. The molecule has 1 atom stereocenters. The van der Waals surface area contributed by atoms with E-state index < -0.39 is 0 Å². The summed E-state index contributed by atoms with van der Waals surface area (Å²) < 4.78 is 0. The maximum absolute atomic E-state index is 10.9. The minimum absolute atomic E-state index is 0.0561. The van der Waals surface area contributed by atoms with Gasteiger partial charge in [-0.05, 0) is 23.4 Å². The van der Waals surface area contributed by atoms with Crippen molar-refractivity contribution in [1.82, 2.24) is 0 Å². The molecule has 0 heterocycles. The predicted octanol–water partition coefficient (Wildman–Crippen LogP) is 6.36. The molecule has 1 N–H and O–H groups in total. The van der Waals surface area contributed by atoms with Gasteiger partial charge < -0.3 is 10.4 Å². The molecule has 2 nitrogen and oxygen atoms in total. The number of nitrogens with zero attached hydrogens (tertiary/aromatic N) is 1. The molecule has 5 heteroatoms. The summed E-state index contributed by atoms with van der Waals surface area (Å²) in [5.74, 6) is 0.379. The van der Waals surface area contributed by atoms with Gasteiger partial charge in [0.05, 0.1) is 0 Å². The van der Waals surface area contributed by atoms with Crippen LogP contribution in [-0.4, -0.2) is 10.6 Å². The summed E-state index contributed by atoms with van der Waals surface area (Å²) in [6, 6.07) is 22.5. The van der Waals surface area contributed by atoms with Gasteiger partial charge in [-0.2, -0.15) is 0 Å². The zero-order valence-corrected chi connectivity index (χ0v) is 20.6. The first-order chi connectivity index (χ1) is 13.8. The first-order valence-electron chi connectivity index (χ1n) is 9.45. The molecule has 1 unspecified atom stereocenters. The van der Waals surface area contributed by atoms with Crippen molar-refractivity contribution in [1.29, 1.82) is 0 Å². The van der Waals surface area contributed by atoms with Crippen molar-refractivity contribution in [2.45, 2.75) is 39.8 Å². The van der Waals surface area contributed by atoms with Crippen LogP contribution in [0.25, 0.3) is 16.4 Å². The number of benzene rings is 3. The van der Waals surface area contributed by atoms with Crippen LogP contribution in [-0.2, 0) is 25.9 Å². The van der Waals surface area contributed by atoms with Crippen molar-refractivity contribution in [2.75, 3.05) is 0 Å². The molecule has 0 aliphatic rings. The van der Waals surface area contributed by atoms with Crippen molar-refractivity contribution < 1.29 is 24.5 Å². The zero-order chi connectivity index (χ0) is 21.4. The van der Waals surface area contributed by atoms with E-state index in [1.165, 1.54) is 35.8 Å². The number of phenols is 1. The van der Waals surface area contributed by atoms with Crippen LogP contribution in [0.15, 0.2) is 66.7 Å². The van der Waals surface area contributed by atoms with Crippen molar-refractivity contribution >= 4 is 28.5 Å². The number of hydrogen-bond donors (Lipinski definition) is 1. The summed E-state index contributed by atoms with van der Waals surface area (Å²) in [6.07, 6.45) is 0. The van der Waals surface area contributed by atoms with E-state index in [9.17, 15) is 5.11 Å². The van der Waals surface area contributed by atoms with Gasteiger partial charge in [0, 0.05) is 10.9 Å². The monoisotopic (exact) mass is 459 g/mol. The van der Waals surface area contributed by atoms with Gasteiger partial charge in [-0.25, -0.2) is 0 Å². The Morgan fingerprint density at radius 3 is 2.24 bits per heavy atom. The first-order valence-corrected chi connectivity index (χ1v) is 12.6. The van der Waals surface area contributed by atoms with Gasteiger partial charge in [0.15, 0.2) is 0 Å². The fraction of sp³-hybridized carbons (Fsp3) is 0.250. The fourth-order valence-electron chi connectivity index (χ4n) is 2.99. The fourth-order valence-corrected chi connectivity index (χ4v) is 4.30. The van der Waals surface area contributed by atoms with E-state index in [0.717, 1.165) is 16.4 Å². The average molecular weight is 460 g/mol. The van der Waals surface area contributed by atoms with E-state index in [1.807, 2.05) is 48.5 Å². The third kappa shape index (κ3) is 6.95. The molecule has 0 radical (unpaired) electrons. The molecule has 3 aromatic rings. The summed E-state index contributed by atoms with van der Waals surface area (Å²) in [5, 5.41) is 18.0. The third-order valence-corrected chi connectivity index (χ3v) is 6.10. The quantitative estimate of drug-likeness (QED) is 0.350. The molecule has 3 rings (SSSR count). The van der Waals surface area contributed by atoms with Crippen LogP contribution in [0.5, 0.6) is 5.75 Å². The Kier molecular flexibility index (Phi) is 9.40. The number of hydrogen-bond acceptors (Lipinski definition) is 1. The molecular formula is C24H27ClNOPTi. The standard InChI is InChI=1S/C24H27NOP.ClH.Ti/c1-17-10-8-13-19(16-25-24(2,3)4)23(17)27-21-15-9-14-20(22(21)26)18-11-6-5-7-12-18;;/h5-15,26-27H,16H2,1-4H3;1H;/q-1;;+2/p-1. The molecule has 0 bridgehead atoms. The number of rotatable bonds is 5. The molecule has 0 spiro atoms. The molecule has 0 saturated heterocycles. The third-order valence-electron chi connectivity index (χ3n) is 4.46. The van der Waals surface area contributed by atoms with Crippen LogP contribution in [0.3, 0.4) is 0 Å². The minimum atomic E-state index is -0.0561. The Bertz CT molecular complexity index is 926. The summed E-state index contributed by atoms with van der Waals surface area (Å²) in [6.45, 7) is 9.22. The number of aromatic hydroxyl groups is 1. The van der Waals surface area contributed by atoms with Crippen LogP contribution in [0.2, 0.25) is 0 Å². The van der Waals surface area contributed by atoms with E-state index in [0.29, 0.717) is 20.9 Å². The van der Waals surface area contributed by atoms with Crippen LogP contribution in [0, 0.1) is 6.92 Å². The van der Waals surface area contributed by atoms with Gasteiger partial charge in [-0.1, -0.05) is 102 Å². The second kappa shape index (κ2) is 11.3. The van der Waals surface area contributed by atoms with E-state index in [1.54, 1.807) is 0 Å². The van der Waals surface area contributed by atoms with Crippen molar-refractivity contribution in [3.8, 4) is 16.9 Å². The molecule has 0 aliphatic carbocycles. The molecular weight excluding hydrogens is 433 g/mol. The number of aryl methyl sites for hydroxylation is 1. The predicted molar refractivity (Wildman–Crippen MR) is 125 cm³/mol. The maximum atomic E-state index is 10.9. The normalized spacial score (nSPS) is 11.3. The first kappa shape index (κ1) is 24.1. The second-order valence-corrected chi connectivity index (χ2v) is 9.08. The van der Waals surface area contributed by atoms with Crippen LogP contribution in [0.1, 0.15) is 31.9 Å². The number of phenolic OH excluding ortho intramolecular Hbond substituents is 1. The van der Waals surface area contributed by atoms with Gasteiger partial charge in [-0.3, -0.25) is 0 Å². The molecule has 0 fully saturated rings. The van der Waals surface area contributed by atoms with Gasteiger partial charge in [0.25, 0.3) is 0 Å². The van der Waals surface area contributed by atoms with Crippen molar-refractivity contribution in [3.63, 3.8) is 0 Å². The van der Waals surface area contributed by atoms with Gasteiger partial charge in [0.2, 0.25) is 0 Å². The van der Waals surface area contributed by atoms with Crippen molar-refractivity contribution in [2.24, 2.45) is 0 Å². The Morgan fingerprint density at radius 1 is 0.931 bits per heavy atom. The van der Waals surface area contributed by atoms with Gasteiger partial charge >= 0.3 is 28.7 Å². The second-order valence-electron chi connectivity index (χ2n) is 7.79. The van der Waals surface area contributed by atoms with Gasteiger partial charge in [0.1, 0.15) is 5.75 Å². The Morgan fingerprint density at radius 2 is 1.59 bits per heavy atom. The van der Waals surface area contributed by atoms with Crippen LogP contribution >= 0.6 is 17.9 Å². The summed E-state index contributed by atoms with van der Waals surface area (Å²) >= 11 is 1.47. The molecule has 0 saturated carbocycles. The van der Waals surface area contributed by atoms with Crippen LogP contribution < -0.4 is 10.6 Å². The Balaban J connectivity index is 0.00000145. The summed E-state index contributed by atoms with van der Waals surface area (Å²) in [4.78, 5) is 0. The van der Waals surface area contributed by atoms with Crippen molar-refractivity contribution in [3.05, 3.63) is 83.2 Å². The molecule has 0 aliphatic heterocycles. The topological polar surface area (TPSA) is 34.3 Å². The molecule has 3 aromatic carbocycles. The molecule has 150 valence electrons. The Labute approximate surface area is 192 Å². The number of para-hydroxylation sites is 1. The SMILES string of the molecule is Cc1cccc(C[N-]C(C)(C)C)c1Pc1cccc(-c2ccccc2)c1O.[Cl][Ti+]. The van der Waals surface area contributed by atoms with E-state index >= 15 is 0 Å². The molecule has 29 heavy (non-hydrogen) atoms. The number of halogens is 1.